The Labute approximate surface area is 172 Å². The molecule has 28 heavy (non-hydrogen) atoms. The Bertz CT molecular complexity index is 1060. The molecule has 0 amide bonds. The summed E-state index contributed by atoms with van der Waals surface area (Å²) < 4.78 is 1.83. The first-order valence-corrected chi connectivity index (χ1v) is 10.9. The van der Waals surface area contributed by atoms with Gasteiger partial charge in [-0.05, 0) is 49.2 Å². The van der Waals surface area contributed by atoms with Crippen molar-refractivity contribution in [1.82, 2.24) is 9.55 Å². The van der Waals surface area contributed by atoms with Crippen molar-refractivity contribution < 1.29 is 4.79 Å². The fraction of sp³-hybridized carbons (Fsp3) is 0.318. The lowest BCUT2D eigenvalue weighted by atomic mass is 9.95. The van der Waals surface area contributed by atoms with Crippen LogP contribution in [0.5, 0.6) is 0 Å². The summed E-state index contributed by atoms with van der Waals surface area (Å²) in [6.45, 7) is 0. The summed E-state index contributed by atoms with van der Waals surface area (Å²) in [6, 6.07) is 14.5. The zero-order valence-electron chi connectivity index (χ0n) is 15.4. The second-order valence-corrected chi connectivity index (χ2v) is 8.48. The molecule has 0 unspecified atom stereocenters. The van der Waals surface area contributed by atoms with Gasteiger partial charge in [-0.25, -0.2) is 4.98 Å². The van der Waals surface area contributed by atoms with Crippen LogP contribution < -0.4 is 5.56 Å². The molecule has 1 fully saturated rings. The van der Waals surface area contributed by atoms with Crippen LogP contribution in [-0.4, -0.2) is 21.1 Å². The molecule has 4 rings (SSSR count). The molecule has 1 aliphatic rings. The Morgan fingerprint density at radius 3 is 2.54 bits per heavy atom. The SMILES string of the molecule is O=C(CSc1nc2ccccc2c(=O)n1C1CCCCC1)c1ccc(Cl)cc1. The van der Waals surface area contributed by atoms with Gasteiger partial charge in [0.2, 0.25) is 0 Å². The van der Waals surface area contributed by atoms with E-state index in [1.165, 1.54) is 18.2 Å². The molecule has 1 saturated carbocycles. The highest BCUT2D eigenvalue weighted by Gasteiger charge is 2.22. The van der Waals surface area contributed by atoms with Gasteiger partial charge in [0.15, 0.2) is 10.9 Å². The van der Waals surface area contributed by atoms with Crippen LogP contribution in [-0.2, 0) is 0 Å². The molecule has 0 bridgehead atoms. The third-order valence-corrected chi connectivity index (χ3v) is 6.42. The van der Waals surface area contributed by atoms with E-state index in [4.69, 9.17) is 16.6 Å². The van der Waals surface area contributed by atoms with Crippen LogP contribution in [0.4, 0.5) is 0 Å². The molecule has 0 N–H and O–H groups in total. The van der Waals surface area contributed by atoms with E-state index < -0.39 is 0 Å². The number of hydrogen-bond donors (Lipinski definition) is 0. The molecule has 2 aromatic carbocycles. The van der Waals surface area contributed by atoms with Gasteiger partial charge in [-0.1, -0.05) is 54.8 Å². The Hall–Kier alpha value is -2.11. The van der Waals surface area contributed by atoms with Crippen molar-refractivity contribution in [3.63, 3.8) is 0 Å². The first-order valence-electron chi connectivity index (χ1n) is 9.56. The Morgan fingerprint density at radius 2 is 1.79 bits per heavy atom. The molecule has 3 aromatic rings. The molecule has 6 heteroatoms. The highest BCUT2D eigenvalue weighted by molar-refractivity contribution is 7.99. The predicted octanol–water partition coefficient (Wildman–Crippen LogP) is 5.53. The van der Waals surface area contributed by atoms with Crippen molar-refractivity contribution in [2.24, 2.45) is 0 Å². The van der Waals surface area contributed by atoms with Crippen LogP contribution in [0.1, 0.15) is 48.5 Å². The lowest BCUT2D eigenvalue weighted by molar-refractivity contribution is 0.102. The van der Waals surface area contributed by atoms with E-state index in [2.05, 4.69) is 0 Å². The lowest BCUT2D eigenvalue weighted by Crippen LogP contribution is -2.29. The number of thioether (sulfide) groups is 1. The topological polar surface area (TPSA) is 52.0 Å². The lowest BCUT2D eigenvalue weighted by Gasteiger charge is -2.26. The van der Waals surface area contributed by atoms with Gasteiger partial charge in [-0.2, -0.15) is 0 Å². The fourth-order valence-electron chi connectivity index (χ4n) is 3.74. The van der Waals surface area contributed by atoms with E-state index in [1.54, 1.807) is 24.3 Å². The molecule has 0 atom stereocenters. The summed E-state index contributed by atoms with van der Waals surface area (Å²) >= 11 is 7.25. The van der Waals surface area contributed by atoms with Gasteiger partial charge in [-0.3, -0.25) is 14.2 Å². The van der Waals surface area contributed by atoms with E-state index >= 15 is 0 Å². The normalized spacial score (nSPS) is 15.0. The number of carbonyl (C=O) groups excluding carboxylic acids is 1. The van der Waals surface area contributed by atoms with Gasteiger partial charge in [0.05, 0.1) is 16.7 Å². The summed E-state index contributed by atoms with van der Waals surface area (Å²) in [7, 11) is 0. The van der Waals surface area contributed by atoms with E-state index in [9.17, 15) is 9.59 Å². The molecule has 144 valence electrons. The van der Waals surface area contributed by atoms with Crippen molar-refractivity contribution in [3.8, 4) is 0 Å². The first kappa shape index (κ1) is 19.2. The van der Waals surface area contributed by atoms with Crippen molar-refractivity contribution in [2.75, 3.05) is 5.75 Å². The molecule has 0 radical (unpaired) electrons. The number of carbonyl (C=O) groups is 1. The highest BCUT2D eigenvalue weighted by Crippen LogP contribution is 2.31. The van der Waals surface area contributed by atoms with Gasteiger partial charge in [0.25, 0.3) is 5.56 Å². The van der Waals surface area contributed by atoms with Gasteiger partial charge in [0.1, 0.15) is 0 Å². The van der Waals surface area contributed by atoms with Crippen LogP contribution in [0.15, 0.2) is 58.5 Å². The molecule has 0 saturated heterocycles. The van der Waals surface area contributed by atoms with Gasteiger partial charge in [-0.15, -0.1) is 0 Å². The number of Topliss-reactive ketones (excluding diaryl/α,β-unsaturated/α-hetero) is 1. The number of fused-ring (bicyclic) bond motifs is 1. The molecule has 0 spiro atoms. The molecule has 1 heterocycles. The average Bonchev–Trinajstić information content (AvgIpc) is 2.73. The van der Waals surface area contributed by atoms with E-state index in [-0.39, 0.29) is 23.1 Å². The Kier molecular flexibility index (Phi) is 5.83. The average molecular weight is 413 g/mol. The number of para-hydroxylation sites is 1. The minimum absolute atomic E-state index is 0.000677. The number of ketones is 1. The quantitative estimate of drug-likeness (QED) is 0.314. The van der Waals surface area contributed by atoms with Gasteiger partial charge >= 0.3 is 0 Å². The van der Waals surface area contributed by atoms with E-state index in [1.807, 2.05) is 28.8 Å². The van der Waals surface area contributed by atoms with Crippen LogP contribution in [0.3, 0.4) is 0 Å². The summed E-state index contributed by atoms with van der Waals surface area (Å²) in [5.74, 6) is 0.235. The van der Waals surface area contributed by atoms with E-state index in [0.29, 0.717) is 26.6 Å². The number of benzene rings is 2. The molecule has 4 nitrogen and oxygen atoms in total. The zero-order valence-corrected chi connectivity index (χ0v) is 17.0. The van der Waals surface area contributed by atoms with Crippen molar-refractivity contribution in [3.05, 3.63) is 69.5 Å². The number of rotatable bonds is 5. The molecular formula is C22H21ClN2O2S. The number of nitrogens with zero attached hydrogens (tertiary/aromatic N) is 2. The maximum Gasteiger partial charge on any atom is 0.262 e. The van der Waals surface area contributed by atoms with Crippen molar-refractivity contribution in [1.29, 1.82) is 0 Å². The minimum Gasteiger partial charge on any atom is -0.293 e. The summed E-state index contributed by atoms with van der Waals surface area (Å²) in [5.41, 5.74) is 1.30. The summed E-state index contributed by atoms with van der Waals surface area (Å²) in [6.07, 6.45) is 5.43. The van der Waals surface area contributed by atoms with Gasteiger partial charge < -0.3 is 0 Å². The van der Waals surface area contributed by atoms with Crippen LogP contribution in [0, 0.1) is 0 Å². The molecule has 1 aliphatic carbocycles. The third-order valence-electron chi connectivity index (χ3n) is 5.21. The van der Waals surface area contributed by atoms with Crippen LogP contribution in [0.25, 0.3) is 10.9 Å². The Morgan fingerprint density at radius 1 is 1.07 bits per heavy atom. The van der Waals surface area contributed by atoms with Gasteiger partial charge in [0, 0.05) is 16.6 Å². The zero-order chi connectivity index (χ0) is 19.5. The predicted molar refractivity (Wildman–Crippen MR) is 115 cm³/mol. The van der Waals surface area contributed by atoms with Crippen LogP contribution in [0.2, 0.25) is 5.02 Å². The van der Waals surface area contributed by atoms with Crippen LogP contribution >= 0.6 is 23.4 Å². The maximum atomic E-state index is 13.2. The Balaban J connectivity index is 1.67. The number of aromatic nitrogens is 2. The third kappa shape index (κ3) is 4.01. The van der Waals surface area contributed by atoms with Crippen molar-refractivity contribution in [2.45, 2.75) is 43.3 Å². The minimum atomic E-state index is -0.000980. The van der Waals surface area contributed by atoms with E-state index in [0.717, 1.165) is 25.7 Å². The maximum absolute atomic E-state index is 13.2. The fourth-order valence-corrected chi connectivity index (χ4v) is 4.82. The van der Waals surface area contributed by atoms with Crippen molar-refractivity contribution >= 4 is 40.0 Å². The second-order valence-electron chi connectivity index (χ2n) is 7.10. The smallest absolute Gasteiger partial charge is 0.262 e. The number of hydrogen-bond acceptors (Lipinski definition) is 4. The summed E-state index contributed by atoms with van der Waals surface area (Å²) in [5, 5.41) is 1.88. The second kappa shape index (κ2) is 8.50. The molecule has 1 aromatic heterocycles. The number of halogens is 1. The summed E-state index contributed by atoms with van der Waals surface area (Å²) in [4.78, 5) is 30.5. The monoisotopic (exact) mass is 412 g/mol. The first-order chi connectivity index (χ1) is 13.6. The molecule has 0 aliphatic heterocycles. The highest BCUT2D eigenvalue weighted by atomic mass is 35.5. The molecular weight excluding hydrogens is 392 g/mol. The largest absolute Gasteiger partial charge is 0.293 e. The standard InChI is InChI=1S/C22H21ClN2O2S/c23-16-12-10-15(11-13-16)20(26)14-28-22-24-19-9-5-4-8-18(19)21(27)25(22)17-6-2-1-3-7-17/h4-5,8-13,17H,1-3,6-7,14H2.